The molecule has 1 heterocycles. The molecular formula is C17H23N3O5. The minimum Gasteiger partial charge on any atom is -0.484 e. The second-order valence-corrected chi connectivity index (χ2v) is 5.94. The predicted octanol–water partition coefficient (Wildman–Crippen LogP) is 1.88. The third kappa shape index (κ3) is 6.40. The molecule has 0 bridgehead atoms. The standard InChI is InChI=1S/C17H23N3O5/c21-16(13-25-15-7-4-6-14(12-15)20(23)24)18-9-5-11-19-10-3-1-2-8-17(19)22/h4,6-7,12H,1-3,5,8-11,13H2,(H,18,21). The Morgan fingerprint density at radius 3 is 2.96 bits per heavy atom. The predicted molar refractivity (Wildman–Crippen MR) is 91.3 cm³/mol. The molecule has 8 heteroatoms. The van der Waals surface area contributed by atoms with Gasteiger partial charge in [-0.15, -0.1) is 0 Å². The van der Waals surface area contributed by atoms with Crippen LogP contribution in [0.4, 0.5) is 5.69 Å². The van der Waals surface area contributed by atoms with Gasteiger partial charge in [0.25, 0.3) is 11.6 Å². The van der Waals surface area contributed by atoms with Gasteiger partial charge in [-0.05, 0) is 25.3 Å². The second-order valence-electron chi connectivity index (χ2n) is 5.94. The smallest absolute Gasteiger partial charge is 0.273 e. The highest BCUT2D eigenvalue weighted by molar-refractivity contribution is 5.77. The zero-order chi connectivity index (χ0) is 18.1. The second kappa shape index (κ2) is 9.61. The average Bonchev–Trinajstić information content (AvgIpc) is 2.81. The maximum atomic E-state index is 11.8. The SMILES string of the molecule is O=C(COc1cccc([N+](=O)[O-])c1)NCCCN1CCCCCC1=O. The molecule has 2 amide bonds. The largest absolute Gasteiger partial charge is 0.484 e. The van der Waals surface area contributed by atoms with Gasteiger partial charge in [-0.2, -0.15) is 0 Å². The highest BCUT2D eigenvalue weighted by Crippen LogP contribution is 2.18. The molecule has 25 heavy (non-hydrogen) atoms. The van der Waals surface area contributed by atoms with Crippen molar-refractivity contribution in [2.45, 2.75) is 32.1 Å². The van der Waals surface area contributed by atoms with E-state index in [0.29, 0.717) is 25.9 Å². The molecule has 136 valence electrons. The van der Waals surface area contributed by atoms with Crippen LogP contribution in [0.2, 0.25) is 0 Å². The fourth-order valence-corrected chi connectivity index (χ4v) is 2.66. The topological polar surface area (TPSA) is 102 Å². The molecule has 1 aliphatic rings. The van der Waals surface area contributed by atoms with Crippen LogP contribution in [0.1, 0.15) is 32.1 Å². The summed E-state index contributed by atoms with van der Waals surface area (Å²) in [5, 5.41) is 13.4. The van der Waals surface area contributed by atoms with Gasteiger partial charge in [0.2, 0.25) is 5.91 Å². The molecule has 0 unspecified atom stereocenters. The van der Waals surface area contributed by atoms with Crippen LogP contribution >= 0.6 is 0 Å². The summed E-state index contributed by atoms with van der Waals surface area (Å²) >= 11 is 0. The third-order valence-electron chi connectivity index (χ3n) is 4.00. The van der Waals surface area contributed by atoms with Crippen LogP contribution in [0, 0.1) is 10.1 Å². The summed E-state index contributed by atoms with van der Waals surface area (Å²) in [7, 11) is 0. The monoisotopic (exact) mass is 349 g/mol. The van der Waals surface area contributed by atoms with Crippen molar-refractivity contribution in [2.75, 3.05) is 26.2 Å². The maximum absolute atomic E-state index is 11.8. The molecule has 1 fully saturated rings. The molecular weight excluding hydrogens is 326 g/mol. The van der Waals surface area contributed by atoms with Gasteiger partial charge in [0, 0.05) is 32.1 Å². The summed E-state index contributed by atoms with van der Waals surface area (Å²) in [4.78, 5) is 35.6. The Morgan fingerprint density at radius 2 is 2.16 bits per heavy atom. The fourth-order valence-electron chi connectivity index (χ4n) is 2.66. The van der Waals surface area contributed by atoms with E-state index in [4.69, 9.17) is 4.74 Å². The minimum absolute atomic E-state index is 0.0833. The first kappa shape index (κ1) is 18.7. The fraction of sp³-hybridized carbons (Fsp3) is 0.529. The number of ether oxygens (including phenoxy) is 1. The Hall–Kier alpha value is -2.64. The summed E-state index contributed by atoms with van der Waals surface area (Å²) in [5.41, 5.74) is -0.0833. The lowest BCUT2D eigenvalue weighted by molar-refractivity contribution is -0.384. The number of hydrogen-bond donors (Lipinski definition) is 1. The van der Waals surface area contributed by atoms with Gasteiger partial charge >= 0.3 is 0 Å². The van der Waals surface area contributed by atoms with Crippen LogP contribution in [0.25, 0.3) is 0 Å². The summed E-state index contributed by atoms with van der Waals surface area (Å²) in [6.45, 7) is 1.69. The lowest BCUT2D eigenvalue weighted by Gasteiger charge is -2.20. The first-order valence-corrected chi connectivity index (χ1v) is 8.48. The van der Waals surface area contributed by atoms with Gasteiger partial charge in [-0.3, -0.25) is 19.7 Å². The summed E-state index contributed by atoms with van der Waals surface area (Å²) < 4.78 is 5.26. The van der Waals surface area contributed by atoms with Crippen molar-refractivity contribution < 1.29 is 19.2 Å². The van der Waals surface area contributed by atoms with Crippen LogP contribution < -0.4 is 10.1 Å². The van der Waals surface area contributed by atoms with Crippen LogP contribution in [-0.2, 0) is 9.59 Å². The highest BCUT2D eigenvalue weighted by atomic mass is 16.6. The molecule has 0 atom stereocenters. The molecule has 1 aromatic carbocycles. The summed E-state index contributed by atoms with van der Waals surface area (Å²) in [6.07, 6.45) is 4.39. The molecule has 1 aliphatic heterocycles. The summed E-state index contributed by atoms with van der Waals surface area (Å²) in [6, 6.07) is 5.70. The molecule has 1 saturated heterocycles. The lowest BCUT2D eigenvalue weighted by atomic mass is 10.2. The summed E-state index contributed by atoms with van der Waals surface area (Å²) in [5.74, 6) is 0.172. The van der Waals surface area contributed by atoms with E-state index in [1.54, 1.807) is 6.07 Å². The number of hydrogen-bond acceptors (Lipinski definition) is 5. The van der Waals surface area contributed by atoms with E-state index in [2.05, 4.69) is 5.32 Å². The van der Waals surface area contributed by atoms with E-state index in [0.717, 1.165) is 25.8 Å². The molecule has 0 aromatic heterocycles. The Balaban J connectivity index is 1.64. The molecule has 0 aliphatic carbocycles. The van der Waals surface area contributed by atoms with Crippen molar-refractivity contribution in [1.82, 2.24) is 10.2 Å². The lowest BCUT2D eigenvalue weighted by Crippen LogP contribution is -2.35. The highest BCUT2D eigenvalue weighted by Gasteiger charge is 2.15. The van der Waals surface area contributed by atoms with Crippen molar-refractivity contribution in [1.29, 1.82) is 0 Å². The van der Waals surface area contributed by atoms with Gasteiger partial charge in [-0.1, -0.05) is 12.5 Å². The Bertz CT molecular complexity index is 620. The number of nitro benzene ring substituents is 1. The van der Waals surface area contributed by atoms with Gasteiger partial charge in [0.15, 0.2) is 6.61 Å². The van der Waals surface area contributed by atoms with Gasteiger partial charge in [0.1, 0.15) is 5.75 Å². The van der Waals surface area contributed by atoms with Crippen molar-refractivity contribution in [2.24, 2.45) is 0 Å². The molecule has 1 N–H and O–H groups in total. The molecule has 0 radical (unpaired) electrons. The van der Waals surface area contributed by atoms with Crippen LogP contribution in [-0.4, -0.2) is 47.9 Å². The van der Waals surface area contributed by atoms with Gasteiger partial charge in [-0.25, -0.2) is 0 Å². The zero-order valence-corrected chi connectivity index (χ0v) is 14.1. The maximum Gasteiger partial charge on any atom is 0.273 e. The quantitative estimate of drug-likeness (QED) is 0.439. The van der Waals surface area contributed by atoms with E-state index in [-0.39, 0.29) is 29.9 Å². The van der Waals surface area contributed by atoms with Gasteiger partial charge < -0.3 is 15.0 Å². The van der Waals surface area contributed by atoms with Crippen LogP contribution in [0.5, 0.6) is 5.75 Å². The number of nitrogens with zero attached hydrogens (tertiary/aromatic N) is 2. The van der Waals surface area contributed by atoms with E-state index in [1.165, 1.54) is 18.2 Å². The first-order valence-electron chi connectivity index (χ1n) is 8.48. The van der Waals surface area contributed by atoms with E-state index >= 15 is 0 Å². The van der Waals surface area contributed by atoms with Crippen molar-refractivity contribution in [3.8, 4) is 5.75 Å². The number of non-ortho nitro benzene ring substituents is 1. The first-order chi connectivity index (χ1) is 12.1. The number of nitrogens with one attached hydrogen (secondary N) is 1. The van der Waals surface area contributed by atoms with E-state index in [1.807, 2.05) is 4.90 Å². The average molecular weight is 349 g/mol. The molecule has 0 saturated carbocycles. The number of amides is 2. The van der Waals surface area contributed by atoms with Crippen molar-refractivity contribution in [3.05, 3.63) is 34.4 Å². The number of rotatable bonds is 8. The number of carbonyl (C=O) groups excluding carboxylic acids is 2. The number of benzene rings is 1. The third-order valence-corrected chi connectivity index (χ3v) is 4.00. The molecule has 0 spiro atoms. The van der Waals surface area contributed by atoms with Crippen LogP contribution in [0.15, 0.2) is 24.3 Å². The number of carbonyl (C=O) groups is 2. The molecule has 1 aromatic rings. The Kier molecular flexibility index (Phi) is 7.18. The Morgan fingerprint density at radius 1 is 1.32 bits per heavy atom. The van der Waals surface area contributed by atoms with E-state index < -0.39 is 4.92 Å². The van der Waals surface area contributed by atoms with Crippen molar-refractivity contribution in [3.63, 3.8) is 0 Å². The zero-order valence-electron chi connectivity index (χ0n) is 14.1. The molecule has 8 nitrogen and oxygen atoms in total. The normalized spacial score (nSPS) is 14.7. The Labute approximate surface area is 146 Å². The number of nitro groups is 1. The minimum atomic E-state index is -0.517. The molecule has 2 rings (SSSR count). The number of likely N-dealkylation sites (tertiary alicyclic amines) is 1. The van der Waals surface area contributed by atoms with Crippen LogP contribution in [0.3, 0.4) is 0 Å². The van der Waals surface area contributed by atoms with E-state index in [9.17, 15) is 19.7 Å². The van der Waals surface area contributed by atoms with Gasteiger partial charge in [0.05, 0.1) is 11.0 Å². The van der Waals surface area contributed by atoms with Crippen molar-refractivity contribution >= 4 is 17.5 Å².